The number of aliphatic imine (C=N–C) groups is 1. The number of hydrogen-bond donors (Lipinski definition) is 1. The molecule has 2 rings (SSSR count). The molecule has 0 spiro atoms. The van der Waals surface area contributed by atoms with E-state index in [1.165, 1.54) is 4.88 Å². The number of likely N-dealkylation sites (N-methyl/N-ethyl adjacent to an activating group) is 1. The second kappa shape index (κ2) is 12.6. The highest BCUT2D eigenvalue weighted by Gasteiger charge is 2.27. The summed E-state index contributed by atoms with van der Waals surface area (Å²) < 4.78 is 5.52. The first kappa shape index (κ1) is 26.0. The number of carbonyl (C=O) groups excluding carboxylic acids is 1. The molecule has 1 amide bonds. The average molecular weight is 537 g/mol. The lowest BCUT2D eigenvalue weighted by Crippen LogP contribution is -2.44. The van der Waals surface area contributed by atoms with Gasteiger partial charge in [0, 0.05) is 45.2 Å². The molecule has 29 heavy (non-hydrogen) atoms. The molecule has 0 radical (unpaired) electrons. The number of hydrogen-bond acceptors (Lipinski definition) is 4. The third-order valence-electron chi connectivity index (χ3n) is 4.85. The second-order valence-corrected chi connectivity index (χ2v) is 9.48. The Balaban J connectivity index is 0.00000420. The second-order valence-electron chi connectivity index (χ2n) is 8.45. The van der Waals surface area contributed by atoms with Crippen molar-refractivity contribution in [2.75, 3.05) is 40.3 Å². The minimum Gasteiger partial charge on any atom is -0.444 e. The molecule has 1 saturated heterocycles. The fraction of sp³-hybridized carbons (Fsp3) is 0.714. The van der Waals surface area contributed by atoms with Gasteiger partial charge in [-0.1, -0.05) is 6.07 Å². The largest absolute Gasteiger partial charge is 0.444 e. The van der Waals surface area contributed by atoms with E-state index in [0.717, 1.165) is 57.8 Å². The molecule has 8 heteroatoms. The van der Waals surface area contributed by atoms with Crippen LogP contribution < -0.4 is 5.32 Å². The van der Waals surface area contributed by atoms with Crippen LogP contribution in [-0.2, 0) is 11.2 Å². The van der Waals surface area contributed by atoms with Crippen LogP contribution in [0.4, 0.5) is 4.79 Å². The molecule has 1 aliphatic rings. The van der Waals surface area contributed by atoms with E-state index in [9.17, 15) is 4.79 Å². The smallest absolute Gasteiger partial charge is 0.410 e. The fourth-order valence-electron chi connectivity index (χ4n) is 3.40. The number of piperidine rings is 1. The molecule has 1 N–H and O–H groups in total. The number of likely N-dealkylation sites (tertiary alicyclic amines) is 1. The molecule has 0 saturated carbocycles. The van der Waals surface area contributed by atoms with Crippen LogP contribution in [-0.4, -0.2) is 67.7 Å². The van der Waals surface area contributed by atoms with Gasteiger partial charge in [-0.3, -0.25) is 4.99 Å². The van der Waals surface area contributed by atoms with E-state index in [4.69, 9.17) is 4.74 Å². The molecular formula is C21H37IN4O2S. The van der Waals surface area contributed by atoms with Crippen LogP contribution in [0.1, 0.15) is 44.9 Å². The van der Waals surface area contributed by atoms with Crippen LogP contribution >= 0.6 is 35.3 Å². The molecule has 1 fully saturated rings. The Morgan fingerprint density at radius 2 is 2.21 bits per heavy atom. The Labute approximate surface area is 197 Å². The summed E-state index contributed by atoms with van der Waals surface area (Å²) in [5.74, 6) is 1.43. The van der Waals surface area contributed by atoms with Crippen LogP contribution in [0.5, 0.6) is 0 Å². The van der Waals surface area contributed by atoms with E-state index in [1.807, 2.05) is 32.7 Å². The number of rotatable bonds is 6. The summed E-state index contributed by atoms with van der Waals surface area (Å²) in [4.78, 5) is 22.1. The third-order valence-corrected chi connectivity index (χ3v) is 5.79. The maximum Gasteiger partial charge on any atom is 0.410 e. The van der Waals surface area contributed by atoms with Crippen LogP contribution in [0.15, 0.2) is 22.5 Å². The Morgan fingerprint density at radius 1 is 1.45 bits per heavy atom. The molecule has 1 atom stereocenters. The van der Waals surface area contributed by atoms with Crippen molar-refractivity contribution in [1.82, 2.24) is 15.1 Å². The van der Waals surface area contributed by atoms with E-state index >= 15 is 0 Å². The molecule has 166 valence electrons. The van der Waals surface area contributed by atoms with Crippen molar-refractivity contribution in [2.24, 2.45) is 10.9 Å². The highest BCUT2D eigenvalue weighted by molar-refractivity contribution is 14.0. The molecule has 0 aromatic carbocycles. The predicted molar refractivity (Wildman–Crippen MR) is 133 cm³/mol. The van der Waals surface area contributed by atoms with Crippen molar-refractivity contribution < 1.29 is 9.53 Å². The molecule has 1 unspecified atom stereocenters. The van der Waals surface area contributed by atoms with Gasteiger partial charge < -0.3 is 19.9 Å². The summed E-state index contributed by atoms with van der Waals surface area (Å²) in [6.45, 7) is 9.12. The zero-order valence-corrected chi connectivity index (χ0v) is 21.6. The quantitative estimate of drug-likeness (QED) is 0.332. The van der Waals surface area contributed by atoms with Gasteiger partial charge >= 0.3 is 6.09 Å². The van der Waals surface area contributed by atoms with Crippen LogP contribution in [0.25, 0.3) is 0 Å². The number of nitrogens with zero attached hydrogens (tertiary/aromatic N) is 3. The number of thiophene rings is 1. The van der Waals surface area contributed by atoms with E-state index in [0.29, 0.717) is 5.92 Å². The van der Waals surface area contributed by atoms with Crippen molar-refractivity contribution >= 4 is 47.4 Å². The van der Waals surface area contributed by atoms with Crippen molar-refractivity contribution in [2.45, 2.75) is 52.1 Å². The minimum atomic E-state index is -0.439. The SMILES string of the molecule is CN=C(NCCC1CCCN(C(=O)OC(C)(C)C)C1)N(C)CCc1cccs1.I. The Hall–Kier alpha value is -1.03. The normalized spacial score (nSPS) is 17.5. The molecule has 0 aliphatic carbocycles. The standard InChI is InChI=1S/C21H36N4O2S.HI/c1-21(2,3)27-20(26)25-13-6-8-17(16-25)10-12-23-19(22-4)24(5)14-11-18-9-7-15-28-18;/h7,9,15,17H,6,8,10-14,16H2,1-5H3,(H,22,23);1H. The van der Waals surface area contributed by atoms with Gasteiger partial charge in [-0.2, -0.15) is 0 Å². The first-order valence-corrected chi connectivity index (χ1v) is 11.1. The summed E-state index contributed by atoms with van der Waals surface area (Å²) >= 11 is 1.80. The third kappa shape index (κ3) is 9.55. The van der Waals surface area contributed by atoms with Gasteiger partial charge in [0.2, 0.25) is 0 Å². The van der Waals surface area contributed by atoms with Gasteiger partial charge in [0.25, 0.3) is 0 Å². The van der Waals surface area contributed by atoms with Gasteiger partial charge in [0.15, 0.2) is 5.96 Å². The number of halogens is 1. The maximum absolute atomic E-state index is 12.3. The Kier molecular flexibility index (Phi) is 11.3. The summed E-state index contributed by atoms with van der Waals surface area (Å²) in [5, 5.41) is 5.59. The van der Waals surface area contributed by atoms with E-state index in [-0.39, 0.29) is 30.1 Å². The Morgan fingerprint density at radius 3 is 2.83 bits per heavy atom. The lowest BCUT2D eigenvalue weighted by Gasteiger charge is -2.34. The minimum absolute atomic E-state index is 0. The Bertz CT molecular complexity index is 631. The van der Waals surface area contributed by atoms with Crippen molar-refractivity contribution in [3.8, 4) is 0 Å². The number of carbonyl (C=O) groups is 1. The van der Waals surface area contributed by atoms with Gasteiger partial charge in [0.1, 0.15) is 5.60 Å². The van der Waals surface area contributed by atoms with Crippen molar-refractivity contribution in [3.05, 3.63) is 22.4 Å². The summed E-state index contributed by atoms with van der Waals surface area (Å²) in [5.41, 5.74) is -0.439. The summed E-state index contributed by atoms with van der Waals surface area (Å²) in [6, 6.07) is 4.27. The predicted octanol–water partition coefficient (Wildman–Crippen LogP) is 4.45. The van der Waals surface area contributed by atoms with Crippen LogP contribution in [0.2, 0.25) is 0 Å². The molecular weight excluding hydrogens is 499 g/mol. The van der Waals surface area contributed by atoms with E-state index in [1.54, 1.807) is 11.3 Å². The van der Waals surface area contributed by atoms with Crippen LogP contribution in [0.3, 0.4) is 0 Å². The monoisotopic (exact) mass is 536 g/mol. The molecule has 1 aromatic rings. The van der Waals surface area contributed by atoms with Gasteiger partial charge in [-0.25, -0.2) is 4.79 Å². The fourth-order valence-corrected chi connectivity index (χ4v) is 4.10. The maximum atomic E-state index is 12.3. The van der Waals surface area contributed by atoms with Crippen LogP contribution in [0, 0.1) is 5.92 Å². The van der Waals surface area contributed by atoms with Gasteiger partial charge in [-0.15, -0.1) is 35.3 Å². The summed E-state index contributed by atoms with van der Waals surface area (Å²) in [7, 11) is 3.91. The van der Waals surface area contributed by atoms with Crippen molar-refractivity contribution in [3.63, 3.8) is 0 Å². The van der Waals surface area contributed by atoms with Gasteiger partial charge in [-0.05, 0) is 63.8 Å². The van der Waals surface area contributed by atoms with E-state index < -0.39 is 5.60 Å². The number of amides is 1. The zero-order valence-electron chi connectivity index (χ0n) is 18.4. The first-order valence-electron chi connectivity index (χ1n) is 10.2. The highest BCUT2D eigenvalue weighted by Crippen LogP contribution is 2.21. The number of ether oxygens (including phenoxy) is 1. The molecule has 2 heterocycles. The van der Waals surface area contributed by atoms with Crippen molar-refractivity contribution in [1.29, 1.82) is 0 Å². The molecule has 1 aromatic heterocycles. The first-order chi connectivity index (χ1) is 13.3. The van der Waals surface area contributed by atoms with E-state index in [2.05, 4.69) is 39.8 Å². The average Bonchev–Trinajstić information content (AvgIpc) is 3.16. The van der Waals surface area contributed by atoms with Gasteiger partial charge in [0.05, 0.1) is 0 Å². The lowest BCUT2D eigenvalue weighted by molar-refractivity contribution is 0.0162. The lowest BCUT2D eigenvalue weighted by atomic mass is 9.95. The zero-order chi connectivity index (χ0) is 20.6. The highest BCUT2D eigenvalue weighted by atomic mass is 127. The topological polar surface area (TPSA) is 57.2 Å². The molecule has 6 nitrogen and oxygen atoms in total. The molecule has 1 aliphatic heterocycles. The summed E-state index contributed by atoms with van der Waals surface area (Å²) in [6.07, 6.45) is 4.07. The number of nitrogens with one attached hydrogen (secondary N) is 1. The molecule has 0 bridgehead atoms. The number of guanidine groups is 1.